The molecule has 156 valence electrons. The molecule has 0 N–H and O–H groups in total. The highest BCUT2D eigenvalue weighted by Crippen LogP contribution is 2.43. The Labute approximate surface area is 174 Å². The number of Topliss-reactive ketones (excluding diaryl/α,β-unsaturated/α-hetero) is 1. The first-order chi connectivity index (χ1) is 14.3. The van der Waals surface area contributed by atoms with E-state index in [1.807, 2.05) is 6.92 Å². The van der Waals surface area contributed by atoms with Crippen LogP contribution >= 0.6 is 0 Å². The smallest absolute Gasteiger partial charge is 0.269 e. The largest absolute Gasteiger partial charge is 0.495 e. The van der Waals surface area contributed by atoms with Crippen molar-refractivity contribution in [3.05, 3.63) is 53.1 Å². The summed E-state index contributed by atoms with van der Waals surface area (Å²) >= 11 is 0. The van der Waals surface area contributed by atoms with Crippen LogP contribution in [0.2, 0.25) is 0 Å². The molecular weight excluding hydrogens is 386 g/mol. The van der Waals surface area contributed by atoms with Crippen molar-refractivity contribution in [3.63, 3.8) is 0 Å². The molecule has 0 spiro atoms. The molecule has 0 aliphatic carbocycles. The van der Waals surface area contributed by atoms with Gasteiger partial charge in [-0.1, -0.05) is 0 Å². The van der Waals surface area contributed by atoms with E-state index in [0.717, 1.165) is 4.90 Å². The molecule has 2 aromatic rings. The maximum absolute atomic E-state index is 13.2. The van der Waals surface area contributed by atoms with Gasteiger partial charge < -0.3 is 14.2 Å². The average Bonchev–Trinajstić information content (AvgIpc) is 3.01. The SMILES string of the molecule is CCOc1ccc(/C(OC)=C2/C(=O)N(C(C)=O)c3ccc(C(C)=O)cc32)cc1OC. The normalized spacial score (nSPS) is 14.3. The monoisotopic (exact) mass is 409 g/mol. The molecular formula is C23H23NO6. The van der Waals surface area contributed by atoms with E-state index in [2.05, 4.69) is 0 Å². The summed E-state index contributed by atoms with van der Waals surface area (Å²) < 4.78 is 16.6. The third-order valence-corrected chi connectivity index (χ3v) is 4.80. The van der Waals surface area contributed by atoms with Gasteiger partial charge in [-0.05, 0) is 50.2 Å². The van der Waals surface area contributed by atoms with Crippen molar-refractivity contribution in [2.75, 3.05) is 25.7 Å². The van der Waals surface area contributed by atoms with E-state index in [1.54, 1.807) is 36.4 Å². The van der Waals surface area contributed by atoms with E-state index < -0.39 is 11.8 Å². The molecule has 0 fully saturated rings. The zero-order valence-electron chi connectivity index (χ0n) is 17.6. The van der Waals surface area contributed by atoms with Gasteiger partial charge in [-0.25, -0.2) is 4.90 Å². The number of hydrogen-bond donors (Lipinski definition) is 0. The molecule has 2 aromatic carbocycles. The van der Waals surface area contributed by atoms with Gasteiger partial charge in [0.1, 0.15) is 5.76 Å². The molecule has 2 amide bonds. The highest BCUT2D eigenvalue weighted by molar-refractivity contribution is 6.43. The standard InChI is InChI=1S/C23H23NO6/c1-6-30-19-10-8-16(12-20(19)28-4)22(29-5)21-17-11-15(13(2)25)7-9-18(17)24(14(3)26)23(21)27/h7-12H,6H2,1-5H3/b22-21-. The third-order valence-electron chi connectivity index (χ3n) is 4.80. The molecule has 0 unspecified atom stereocenters. The van der Waals surface area contributed by atoms with Crippen LogP contribution in [-0.2, 0) is 14.3 Å². The lowest BCUT2D eigenvalue weighted by molar-refractivity contribution is -0.122. The highest BCUT2D eigenvalue weighted by atomic mass is 16.5. The van der Waals surface area contributed by atoms with Crippen LogP contribution in [0.3, 0.4) is 0 Å². The number of carbonyl (C=O) groups is 3. The molecule has 0 radical (unpaired) electrons. The number of nitrogens with zero attached hydrogens (tertiary/aromatic N) is 1. The number of methoxy groups -OCH3 is 2. The number of hydrogen-bond acceptors (Lipinski definition) is 6. The van der Waals surface area contributed by atoms with Gasteiger partial charge in [0.05, 0.1) is 32.1 Å². The molecule has 1 heterocycles. The summed E-state index contributed by atoms with van der Waals surface area (Å²) in [5.41, 5.74) is 2.10. The lowest BCUT2D eigenvalue weighted by Gasteiger charge is -2.14. The summed E-state index contributed by atoms with van der Waals surface area (Å²) in [5, 5.41) is 0. The number of ether oxygens (including phenoxy) is 3. The number of ketones is 1. The van der Waals surface area contributed by atoms with Crippen molar-refractivity contribution in [2.45, 2.75) is 20.8 Å². The predicted octanol–water partition coefficient (Wildman–Crippen LogP) is 3.70. The van der Waals surface area contributed by atoms with E-state index in [0.29, 0.717) is 40.5 Å². The van der Waals surface area contributed by atoms with Crippen molar-refractivity contribution in [2.24, 2.45) is 0 Å². The second-order valence-corrected chi connectivity index (χ2v) is 6.65. The van der Waals surface area contributed by atoms with E-state index in [9.17, 15) is 14.4 Å². The van der Waals surface area contributed by atoms with Crippen molar-refractivity contribution in [3.8, 4) is 11.5 Å². The molecule has 1 aliphatic rings. The number of carbonyl (C=O) groups excluding carboxylic acids is 3. The van der Waals surface area contributed by atoms with Crippen LogP contribution in [0.5, 0.6) is 11.5 Å². The first-order valence-electron chi connectivity index (χ1n) is 9.43. The maximum Gasteiger partial charge on any atom is 0.269 e. The minimum Gasteiger partial charge on any atom is -0.495 e. The van der Waals surface area contributed by atoms with Gasteiger partial charge >= 0.3 is 0 Å². The van der Waals surface area contributed by atoms with Crippen LogP contribution in [0.1, 0.15) is 42.3 Å². The average molecular weight is 409 g/mol. The Hall–Kier alpha value is -3.61. The number of benzene rings is 2. The number of anilines is 1. The minimum atomic E-state index is -0.511. The second kappa shape index (κ2) is 8.41. The van der Waals surface area contributed by atoms with Gasteiger partial charge in [0.25, 0.3) is 5.91 Å². The summed E-state index contributed by atoms with van der Waals surface area (Å²) in [7, 11) is 2.97. The number of fused-ring (bicyclic) bond motifs is 1. The first kappa shape index (κ1) is 21.1. The second-order valence-electron chi connectivity index (χ2n) is 6.65. The van der Waals surface area contributed by atoms with Crippen LogP contribution in [0, 0.1) is 0 Å². The van der Waals surface area contributed by atoms with E-state index in [1.165, 1.54) is 28.1 Å². The predicted molar refractivity (Wildman–Crippen MR) is 113 cm³/mol. The molecule has 3 rings (SSSR count). The van der Waals surface area contributed by atoms with Crippen molar-refractivity contribution >= 4 is 34.6 Å². The van der Waals surface area contributed by atoms with Gasteiger partial charge in [0, 0.05) is 23.6 Å². The van der Waals surface area contributed by atoms with Gasteiger partial charge in [0.15, 0.2) is 17.3 Å². The number of rotatable bonds is 6. The van der Waals surface area contributed by atoms with Crippen LogP contribution in [0.15, 0.2) is 36.4 Å². The van der Waals surface area contributed by atoms with Gasteiger partial charge in [-0.2, -0.15) is 0 Å². The van der Waals surface area contributed by atoms with Crippen molar-refractivity contribution in [1.29, 1.82) is 0 Å². The Bertz CT molecular complexity index is 1070. The van der Waals surface area contributed by atoms with Gasteiger partial charge in [0.2, 0.25) is 5.91 Å². The zero-order valence-corrected chi connectivity index (χ0v) is 17.6. The van der Waals surface area contributed by atoms with Gasteiger partial charge in [-0.3, -0.25) is 14.4 Å². The summed E-state index contributed by atoms with van der Waals surface area (Å²) in [6.07, 6.45) is 0. The van der Waals surface area contributed by atoms with E-state index in [-0.39, 0.29) is 17.1 Å². The molecule has 1 aliphatic heterocycles. The number of amides is 2. The molecule has 7 nitrogen and oxygen atoms in total. The summed E-state index contributed by atoms with van der Waals surface area (Å²) in [6.45, 7) is 5.10. The highest BCUT2D eigenvalue weighted by Gasteiger charge is 2.38. The fourth-order valence-corrected chi connectivity index (χ4v) is 3.47. The van der Waals surface area contributed by atoms with Crippen LogP contribution < -0.4 is 14.4 Å². The van der Waals surface area contributed by atoms with Crippen molar-refractivity contribution in [1.82, 2.24) is 0 Å². The number of imide groups is 1. The molecule has 7 heteroatoms. The fourth-order valence-electron chi connectivity index (χ4n) is 3.47. The Morgan fingerprint density at radius 3 is 2.23 bits per heavy atom. The van der Waals surface area contributed by atoms with Crippen LogP contribution in [0.4, 0.5) is 5.69 Å². The Kier molecular flexibility index (Phi) is 5.91. The minimum absolute atomic E-state index is 0.146. The molecule has 0 saturated carbocycles. The van der Waals surface area contributed by atoms with Crippen LogP contribution in [0.25, 0.3) is 11.3 Å². The Morgan fingerprint density at radius 2 is 1.67 bits per heavy atom. The molecule has 0 saturated heterocycles. The molecule has 0 aromatic heterocycles. The Balaban J connectivity index is 2.27. The zero-order chi connectivity index (χ0) is 22.0. The van der Waals surface area contributed by atoms with Gasteiger partial charge in [-0.15, -0.1) is 0 Å². The fraction of sp³-hybridized carbons (Fsp3) is 0.261. The lowest BCUT2D eigenvalue weighted by Crippen LogP contribution is -2.31. The lowest BCUT2D eigenvalue weighted by atomic mass is 9.99. The van der Waals surface area contributed by atoms with Crippen LogP contribution in [-0.4, -0.2) is 38.4 Å². The Morgan fingerprint density at radius 1 is 0.967 bits per heavy atom. The first-order valence-corrected chi connectivity index (χ1v) is 9.43. The topological polar surface area (TPSA) is 82.1 Å². The third kappa shape index (κ3) is 3.54. The summed E-state index contributed by atoms with van der Waals surface area (Å²) in [6, 6.07) is 9.99. The summed E-state index contributed by atoms with van der Waals surface area (Å²) in [4.78, 5) is 38.4. The van der Waals surface area contributed by atoms with E-state index in [4.69, 9.17) is 14.2 Å². The molecule has 0 atom stereocenters. The van der Waals surface area contributed by atoms with E-state index >= 15 is 0 Å². The van der Waals surface area contributed by atoms with Crippen molar-refractivity contribution < 1.29 is 28.6 Å². The molecule has 0 bridgehead atoms. The maximum atomic E-state index is 13.2. The summed E-state index contributed by atoms with van der Waals surface area (Å²) in [5.74, 6) is 0.233. The quantitative estimate of drug-likeness (QED) is 0.411. The molecule has 30 heavy (non-hydrogen) atoms.